The maximum absolute atomic E-state index is 5.59. The molecular weight excluding hydrogens is 190 g/mol. The smallest absolute Gasteiger partial charge is 0.223 e. The van der Waals surface area contributed by atoms with Crippen LogP contribution in [0.4, 0.5) is 5.95 Å². The van der Waals surface area contributed by atoms with E-state index in [2.05, 4.69) is 19.9 Å². The number of rotatable bonds is 1. The highest BCUT2D eigenvalue weighted by atomic mass is 15.2. The first kappa shape index (κ1) is 9.03. The van der Waals surface area contributed by atoms with Gasteiger partial charge in [0.25, 0.3) is 0 Å². The normalized spacial score (nSPS) is 34.3. The molecule has 4 rings (SSSR count). The number of aromatic nitrogens is 3. The average Bonchev–Trinajstić information content (AvgIpc) is 2.30. The highest BCUT2D eigenvalue weighted by molar-refractivity contribution is 5.16. The van der Waals surface area contributed by atoms with E-state index in [4.69, 9.17) is 5.73 Å². The van der Waals surface area contributed by atoms with Crippen molar-refractivity contribution in [2.45, 2.75) is 18.8 Å². The Labute approximate surface area is 88.7 Å². The average molecular weight is 205 g/mol. The van der Waals surface area contributed by atoms with Crippen molar-refractivity contribution in [2.75, 3.05) is 25.4 Å². The second kappa shape index (κ2) is 3.41. The van der Waals surface area contributed by atoms with Crippen LogP contribution in [0.15, 0.2) is 6.33 Å². The summed E-state index contributed by atoms with van der Waals surface area (Å²) >= 11 is 0. The lowest BCUT2D eigenvalue weighted by Crippen LogP contribution is -2.46. The van der Waals surface area contributed by atoms with Crippen molar-refractivity contribution in [3.8, 4) is 0 Å². The number of nitrogens with two attached hydrogens (primary N) is 1. The topological polar surface area (TPSA) is 67.9 Å². The Balaban J connectivity index is 1.88. The van der Waals surface area contributed by atoms with Crippen molar-refractivity contribution < 1.29 is 0 Å². The van der Waals surface area contributed by atoms with Gasteiger partial charge in [-0.2, -0.15) is 4.98 Å². The maximum atomic E-state index is 5.59. The van der Waals surface area contributed by atoms with Gasteiger partial charge in [0.1, 0.15) is 12.2 Å². The lowest BCUT2D eigenvalue weighted by Gasteiger charge is -2.43. The molecule has 1 unspecified atom stereocenters. The van der Waals surface area contributed by atoms with E-state index in [9.17, 15) is 0 Å². The second-order valence-electron chi connectivity index (χ2n) is 4.45. The van der Waals surface area contributed by atoms with E-state index in [1.807, 2.05) is 0 Å². The molecule has 0 amide bonds. The van der Waals surface area contributed by atoms with E-state index in [-0.39, 0.29) is 0 Å². The maximum Gasteiger partial charge on any atom is 0.223 e. The van der Waals surface area contributed by atoms with Crippen molar-refractivity contribution in [2.24, 2.45) is 5.92 Å². The van der Waals surface area contributed by atoms with E-state index in [1.165, 1.54) is 32.3 Å². The summed E-state index contributed by atoms with van der Waals surface area (Å²) in [6.45, 7) is 3.57. The standard InChI is InChI=1S/C10H15N5/c11-10-13-6-12-9(14-10)8-5-15-3-1-7(8)2-4-15/h6-8H,1-5H2,(H2,11,12,13,14). The van der Waals surface area contributed by atoms with Gasteiger partial charge in [0.05, 0.1) is 0 Å². The van der Waals surface area contributed by atoms with Crippen LogP contribution in [0.5, 0.6) is 0 Å². The fourth-order valence-electron chi connectivity index (χ4n) is 2.76. The van der Waals surface area contributed by atoms with Crippen LogP contribution in [0.2, 0.25) is 0 Å². The first-order valence-electron chi connectivity index (χ1n) is 5.49. The van der Waals surface area contributed by atoms with Crippen LogP contribution in [-0.4, -0.2) is 39.5 Å². The molecule has 2 bridgehead atoms. The number of fused-ring (bicyclic) bond motifs is 3. The van der Waals surface area contributed by atoms with Crippen LogP contribution in [0.1, 0.15) is 24.6 Å². The van der Waals surface area contributed by atoms with Crippen LogP contribution in [0.3, 0.4) is 0 Å². The third-order valence-electron chi connectivity index (χ3n) is 3.60. The molecule has 0 spiro atoms. The molecular formula is C10H15N5. The first-order valence-corrected chi connectivity index (χ1v) is 5.49. The van der Waals surface area contributed by atoms with E-state index >= 15 is 0 Å². The van der Waals surface area contributed by atoms with Crippen molar-refractivity contribution in [1.82, 2.24) is 19.9 Å². The molecule has 3 aliphatic heterocycles. The summed E-state index contributed by atoms with van der Waals surface area (Å²) in [5.74, 6) is 2.45. The molecule has 1 atom stereocenters. The molecule has 0 aromatic carbocycles. The largest absolute Gasteiger partial charge is 0.368 e. The molecule has 1 aromatic heterocycles. The highest BCUT2D eigenvalue weighted by Crippen LogP contribution is 2.37. The Kier molecular flexibility index (Phi) is 2.05. The number of hydrogen-bond acceptors (Lipinski definition) is 5. The molecule has 0 aliphatic carbocycles. The molecule has 3 fully saturated rings. The lowest BCUT2D eigenvalue weighted by atomic mass is 9.78. The summed E-state index contributed by atoms with van der Waals surface area (Å²) in [6, 6.07) is 0. The zero-order valence-electron chi connectivity index (χ0n) is 8.63. The van der Waals surface area contributed by atoms with Crippen LogP contribution in [-0.2, 0) is 0 Å². The molecule has 3 saturated heterocycles. The summed E-state index contributed by atoms with van der Waals surface area (Å²) in [5, 5.41) is 0. The van der Waals surface area contributed by atoms with Crippen molar-refractivity contribution in [1.29, 1.82) is 0 Å². The monoisotopic (exact) mass is 205 g/mol. The minimum Gasteiger partial charge on any atom is -0.368 e. The Bertz CT molecular complexity index is 359. The van der Waals surface area contributed by atoms with E-state index in [1.54, 1.807) is 0 Å². The summed E-state index contributed by atoms with van der Waals surface area (Å²) in [6.07, 6.45) is 4.07. The quantitative estimate of drug-likeness (QED) is 0.712. The molecule has 0 radical (unpaired) electrons. The van der Waals surface area contributed by atoms with Gasteiger partial charge in [0.2, 0.25) is 5.95 Å². The fraction of sp³-hybridized carbons (Fsp3) is 0.700. The Morgan fingerprint density at radius 3 is 2.67 bits per heavy atom. The fourth-order valence-corrected chi connectivity index (χ4v) is 2.76. The molecule has 0 saturated carbocycles. The van der Waals surface area contributed by atoms with Gasteiger partial charge >= 0.3 is 0 Å². The molecule has 5 nitrogen and oxygen atoms in total. The third kappa shape index (κ3) is 1.56. The first-order chi connectivity index (χ1) is 7.33. The van der Waals surface area contributed by atoms with Crippen LogP contribution >= 0.6 is 0 Å². The highest BCUT2D eigenvalue weighted by Gasteiger charge is 2.36. The third-order valence-corrected chi connectivity index (χ3v) is 3.60. The minimum atomic E-state index is 0.344. The van der Waals surface area contributed by atoms with E-state index < -0.39 is 0 Å². The van der Waals surface area contributed by atoms with Crippen LogP contribution < -0.4 is 5.73 Å². The number of nitrogens with zero attached hydrogens (tertiary/aromatic N) is 4. The summed E-state index contributed by atoms with van der Waals surface area (Å²) in [5.41, 5.74) is 5.59. The van der Waals surface area contributed by atoms with Crippen molar-refractivity contribution >= 4 is 5.95 Å². The van der Waals surface area contributed by atoms with Crippen molar-refractivity contribution in [3.05, 3.63) is 12.2 Å². The summed E-state index contributed by atoms with van der Waals surface area (Å²) in [4.78, 5) is 14.8. The molecule has 80 valence electrons. The molecule has 2 N–H and O–H groups in total. The predicted octanol–water partition coefficient (Wildman–Crippen LogP) is 0.263. The second-order valence-corrected chi connectivity index (χ2v) is 4.45. The number of hydrogen-bond donors (Lipinski definition) is 1. The molecule has 3 aliphatic rings. The van der Waals surface area contributed by atoms with Gasteiger partial charge in [-0.05, 0) is 31.8 Å². The summed E-state index contributed by atoms with van der Waals surface area (Å²) in [7, 11) is 0. The van der Waals surface area contributed by atoms with Gasteiger partial charge in [-0.15, -0.1) is 0 Å². The molecule has 4 heterocycles. The lowest BCUT2D eigenvalue weighted by molar-refractivity contribution is 0.0836. The number of anilines is 1. The van der Waals surface area contributed by atoms with E-state index in [0.29, 0.717) is 11.9 Å². The van der Waals surface area contributed by atoms with Crippen molar-refractivity contribution in [3.63, 3.8) is 0 Å². The Hall–Kier alpha value is -1.23. The molecule has 5 heteroatoms. The minimum absolute atomic E-state index is 0.344. The Morgan fingerprint density at radius 1 is 1.27 bits per heavy atom. The van der Waals surface area contributed by atoms with Gasteiger partial charge in [-0.3, -0.25) is 0 Å². The number of nitrogen functional groups attached to an aromatic ring is 1. The zero-order chi connectivity index (χ0) is 10.3. The van der Waals surface area contributed by atoms with Gasteiger partial charge < -0.3 is 10.6 Å². The van der Waals surface area contributed by atoms with Gasteiger partial charge in [-0.1, -0.05) is 0 Å². The van der Waals surface area contributed by atoms with Gasteiger partial charge in [0, 0.05) is 12.5 Å². The van der Waals surface area contributed by atoms with Crippen LogP contribution in [0.25, 0.3) is 0 Å². The summed E-state index contributed by atoms with van der Waals surface area (Å²) < 4.78 is 0. The van der Waals surface area contributed by atoms with E-state index in [0.717, 1.165) is 18.3 Å². The van der Waals surface area contributed by atoms with Crippen LogP contribution in [0, 0.1) is 5.92 Å². The van der Waals surface area contributed by atoms with Gasteiger partial charge in [0.15, 0.2) is 0 Å². The molecule has 15 heavy (non-hydrogen) atoms. The Morgan fingerprint density at radius 2 is 2.07 bits per heavy atom. The predicted molar refractivity (Wildman–Crippen MR) is 56.1 cm³/mol. The SMILES string of the molecule is Nc1ncnc(C2CN3CCC2CC3)n1. The van der Waals surface area contributed by atoms with Gasteiger partial charge in [-0.25, -0.2) is 9.97 Å². The molecule has 1 aromatic rings. The zero-order valence-corrected chi connectivity index (χ0v) is 8.63. The number of piperidine rings is 3.